The van der Waals surface area contributed by atoms with E-state index in [4.69, 9.17) is 4.74 Å². The Morgan fingerprint density at radius 1 is 1.28 bits per heavy atom. The van der Waals surface area contributed by atoms with Crippen LogP contribution in [-0.2, 0) is 35.4 Å². The molecule has 1 aromatic carbocycles. The summed E-state index contributed by atoms with van der Waals surface area (Å²) >= 11 is 0. The van der Waals surface area contributed by atoms with Crippen molar-refractivity contribution in [2.45, 2.75) is 45.3 Å². The highest BCUT2D eigenvalue weighted by atomic mass is 32.2. The molecule has 3 rings (SSSR count). The molecular formula is C20H26N2O6S. The van der Waals surface area contributed by atoms with E-state index in [0.717, 1.165) is 17.7 Å². The zero-order valence-electron chi connectivity index (χ0n) is 16.6. The minimum absolute atomic E-state index is 0.0313. The van der Waals surface area contributed by atoms with Gasteiger partial charge in [0.1, 0.15) is 0 Å². The van der Waals surface area contributed by atoms with Crippen LogP contribution in [0.4, 0.5) is 5.69 Å². The third kappa shape index (κ3) is 5.14. The molecule has 158 valence electrons. The molecule has 2 amide bonds. The number of nitrogens with zero attached hydrogens (tertiary/aromatic N) is 1. The molecule has 2 aliphatic rings. The van der Waals surface area contributed by atoms with Gasteiger partial charge in [0.25, 0.3) is 5.91 Å². The number of esters is 1. The molecule has 1 N–H and O–H groups in total. The molecule has 2 heterocycles. The molecular weight excluding hydrogens is 396 g/mol. The summed E-state index contributed by atoms with van der Waals surface area (Å²) < 4.78 is 28.2. The Labute approximate surface area is 170 Å². The number of amides is 2. The third-order valence-electron chi connectivity index (χ3n) is 5.36. The zero-order chi connectivity index (χ0) is 21.2. The van der Waals surface area contributed by atoms with E-state index in [0.29, 0.717) is 6.42 Å². The van der Waals surface area contributed by atoms with Crippen LogP contribution in [0.5, 0.6) is 0 Å². The van der Waals surface area contributed by atoms with E-state index in [9.17, 15) is 22.8 Å². The van der Waals surface area contributed by atoms with Crippen LogP contribution in [0.2, 0.25) is 0 Å². The fraction of sp³-hybridized carbons (Fsp3) is 0.550. The predicted octanol–water partition coefficient (Wildman–Crippen LogP) is 0.837. The lowest BCUT2D eigenvalue weighted by atomic mass is 10.1. The van der Waals surface area contributed by atoms with Crippen molar-refractivity contribution >= 4 is 33.3 Å². The first-order valence-electron chi connectivity index (χ1n) is 9.79. The van der Waals surface area contributed by atoms with Crippen LogP contribution >= 0.6 is 0 Å². The minimum atomic E-state index is -3.11. The van der Waals surface area contributed by atoms with Crippen molar-refractivity contribution < 1.29 is 27.5 Å². The fourth-order valence-electron chi connectivity index (χ4n) is 3.58. The Hall–Kier alpha value is -2.42. The monoisotopic (exact) mass is 422 g/mol. The maximum atomic E-state index is 12.4. The highest BCUT2D eigenvalue weighted by Crippen LogP contribution is 2.26. The molecule has 29 heavy (non-hydrogen) atoms. The molecule has 0 unspecified atom stereocenters. The summed E-state index contributed by atoms with van der Waals surface area (Å²) in [4.78, 5) is 38.5. The number of hydrogen-bond acceptors (Lipinski definition) is 6. The van der Waals surface area contributed by atoms with E-state index in [2.05, 4.69) is 5.32 Å². The quantitative estimate of drug-likeness (QED) is 0.680. The van der Waals surface area contributed by atoms with Gasteiger partial charge in [0.2, 0.25) is 5.91 Å². The van der Waals surface area contributed by atoms with Gasteiger partial charge in [-0.15, -0.1) is 0 Å². The number of hydrogen-bond donors (Lipinski definition) is 1. The van der Waals surface area contributed by atoms with Crippen LogP contribution in [0.15, 0.2) is 24.3 Å². The molecule has 8 nitrogen and oxygen atoms in total. The topological polar surface area (TPSA) is 110 Å². The second-order valence-electron chi connectivity index (χ2n) is 7.61. The zero-order valence-corrected chi connectivity index (χ0v) is 17.4. The number of carbonyl (C=O) groups excluding carboxylic acids is 3. The van der Waals surface area contributed by atoms with Crippen molar-refractivity contribution in [1.29, 1.82) is 0 Å². The number of rotatable bonds is 6. The molecule has 9 heteroatoms. The minimum Gasteiger partial charge on any atom is -0.452 e. The Morgan fingerprint density at radius 3 is 2.55 bits per heavy atom. The summed E-state index contributed by atoms with van der Waals surface area (Å²) in [6, 6.07) is 7.16. The van der Waals surface area contributed by atoms with E-state index in [1.165, 1.54) is 6.92 Å². The molecule has 0 aromatic heterocycles. The van der Waals surface area contributed by atoms with Crippen LogP contribution in [0.3, 0.4) is 0 Å². The van der Waals surface area contributed by atoms with Crippen LogP contribution < -0.4 is 10.2 Å². The molecule has 2 aliphatic heterocycles. The van der Waals surface area contributed by atoms with Crippen molar-refractivity contribution in [2.75, 3.05) is 23.0 Å². The number of aryl methyl sites for hydroxylation is 1. The summed E-state index contributed by atoms with van der Waals surface area (Å²) in [6.45, 7) is 3.69. The largest absolute Gasteiger partial charge is 0.452 e. The van der Waals surface area contributed by atoms with Gasteiger partial charge in [0.15, 0.2) is 15.9 Å². The number of carbonyl (C=O) groups is 3. The summed E-state index contributed by atoms with van der Waals surface area (Å²) in [7, 11) is -3.11. The lowest BCUT2D eigenvalue weighted by Gasteiger charge is -2.19. The standard InChI is InChI=1S/C20H26N2O6S/c1-3-14-4-6-17(7-5-14)22-11-15(10-18(22)23)20(25)28-13(2)19(24)21-16-8-9-29(26,27)12-16/h4-7,13,15-16H,3,8-12H2,1-2H3,(H,21,24)/t13-,15+,16-/m1/s1. The van der Waals surface area contributed by atoms with E-state index < -0.39 is 39.8 Å². The summed E-state index contributed by atoms with van der Waals surface area (Å²) in [5.74, 6) is -1.99. The molecule has 0 bridgehead atoms. The molecule has 3 atom stereocenters. The van der Waals surface area contributed by atoms with Crippen molar-refractivity contribution in [3.8, 4) is 0 Å². The molecule has 2 saturated heterocycles. The van der Waals surface area contributed by atoms with Crippen molar-refractivity contribution in [2.24, 2.45) is 5.92 Å². The first kappa shape index (κ1) is 21.3. The van der Waals surface area contributed by atoms with Crippen LogP contribution in [0, 0.1) is 5.92 Å². The SMILES string of the molecule is CCc1ccc(N2C[C@@H](C(=O)O[C@H](C)C(=O)N[C@@H]3CCS(=O)(=O)C3)CC2=O)cc1. The fourth-order valence-corrected chi connectivity index (χ4v) is 5.25. The van der Waals surface area contributed by atoms with Gasteiger partial charge in [-0.05, 0) is 37.5 Å². The van der Waals surface area contributed by atoms with Crippen molar-refractivity contribution in [3.05, 3.63) is 29.8 Å². The van der Waals surface area contributed by atoms with Crippen LogP contribution in [0.1, 0.15) is 32.3 Å². The maximum absolute atomic E-state index is 12.4. The Morgan fingerprint density at radius 2 is 1.97 bits per heavy atom. The van der Waals surface area contributed by atoms with Gasteiger partial charge >= 0.3 is 5.97 Å². The maximum Gasteiger partial charge on any atom is 0.312 e. The van der Waals surface area contributed by atoms with Gasteiger partial charge in [0, 0.05) is 24.7 Å². The van der Waals surface area contributed by atoms with Crippen molar-refractivity contribution in [3.63, 3.8) is 0 Å². The normalized spacial score (nSPS) is 24.3. The molecule has 1 aromatic rings. The number of sulfone groups is 1. The summed E-state index contributed by atoms with van der Waals surface area (Å²) in [5, 5.41) is 2.61. The molecule has 0 aliphatic carbocycles. The second kappa shape index (κ2) is 8.52. The summed E-state index contributed by atoms with van der Waals surface area (Å²) in [6.07, 6.45) is 0.232. The Kier molecular flexibility index (Phi) is 6.26. The molecule has 0 saturated carbocycles. The van der Waals surface area contributed by atoms with Gasteiger partial charge in [0.05, 0.1) is 17.4 Å². The van der Waals surface area contributed by atoms with Crippen LogP contribution in [0.25, 0.3) is 0 Å². The Balaban J connectivity index is 1.53. The summed E-state index contributed by atoms with van der Waals surface area (Å²) in [5.41, 5.74) is 1.89. The van der Waals surface area contributed by atoms with Gasteiger partial charge in [-0.2, -0.15) is 0 Å². The smallest absolute Gasteiger partial charge is 0.312 e. The Bertz CT molecular complexity index is 896. The average Bonchev–Trinajstić information content (AvgIpc) is 3.23. The number of ether oxygens (including phenoxy) is 1. The van der Waals surface area contributed by atoms with E-state index in [-0.39, 0.29) is 30.4 Å². The molecule has 0 spiro atoms. The van der Waals surface area contributed by atoms with Gasteiger partial charge in [-0.25, -0.2) is 8.42 Å². The van der Waals surface area contributed by atoms with E-state index in [1.807, 2.05) is 31.2 Å². The number of nitrogens with one attached hydrogen (secondary N) is 1. The second-order valence-corrected chi connectivity index (χ2v) is 9.84. The van der Waals surface area contributed by atoms with Crippen LogP contribution in [-0.4, -0.2) is 56.4 Å². The van der Waals surface area contributed by atoms with Gasteiger partial charge in [-0.3, -0.25) is 14.4 Å². The van der Waals surface area contributed by atoms with E-state index in [1.54, 1.807) is 4.90 Å². The van der Waals surface area contributed by atoms with Crippen molar-refractivity contribution in [1.82, 2.24) is 5.32 Å². The molecule has 2 fully saturated rings. The van der Waals surface area contributed by atoms with E-state index >= 15 is 0 Å². The molecule has 0 radical (unpaired) electrons. The lowest BCUT2D eigenvalue weighted by Crippen LogP contribution is -2.43. The lowest BCUT2D eigenvalue weighted by molar-refractivity contribution is -0.158. The first-order valence-corrected chi connectivity index (χ1v) is 11.6. The number of anilines is 1. The average molecular weight is 423 g/mol. The first-order chi connectivity index (χ1) is 13.7. The van der Waals surface area contributed by atoms with Gasteiger partial charge < -0.3 is 15.0 Å². The number of benzene rings is 1. The highest BCUT2D eigenvalue weighted by Gasteiger charge is 2.38. The third-order valence-corrected chi connectivity index (χ3v) is 7.12. The predicted molar refractivity (Wildman–Crippen MR) is 107 cm³/mol. The highest BCUT2D eigenvalue weighted by molar-refractivity contribution is 7.91. The van der Waals surface area contributed by atoms with Gasteiger partial charge in [-0.1, -0.05) is 19.1 Å².